The zero-order valence-electron chi connectivity index (χ0n) is 14.4. The second-order valence-corrected chi connectivity index (χ2v) is 7.57. The van der Waals surface area contributed by atoms with E-state index in [1.165, 1.54) is 31.4 Å². The Labute approximate surface area is 168 Å². The molecular formula is C17H22Cl2N4O2S. The highest BCUT2D eigenvalue weighted by Crippen LogP contribution is 2.23. The Bertz CT molecular complexity index is 687. The summed E-state index contributed by atoms with van der Waals surface area (Å²) in [6.07, 6.45) is 4.66. The maximum absolute atomic E-state index is 12.0. The van der Waals surface area contributed by atoms with E-state index in [0.29, 0.717) is 22.1 Å². The van der Waals surface area contributed by atoms with E-state index in [1.807, 2.05) is 0 Å². The lowest BCUT2D eigenvalue weighted by Gasteiger charge is -2.30. The van der Waals surface area contributed by atoms with Crippen molar-refractivity contribution in [1.82, 2.24) is 21.5 Å². The zero-order valence-corrected chi connectivity index (χ0v) is 16.7. The van der Waals surface area contributed by atoms with E-state index < -0.39 is 11.8 Å². The van der Waals surface area contributed by atoms with Crippen molar-refractivity contribution in [1.29, 1.82) is 0 Å². The van der Waals surface area contributed by atoms with Crippen molar-refractivity contribution < 1.29 is 9.59 Å². The van der Waals surface area contributed by atoms with Crippen LogP contribution in [-0.4, -0.2) is 29.5 Å². The molecule has 1 fully saturated rings. The Morgan fingerprint density at radius 1 is 1.19 bits per heavy atom. The number of carbonyl (C=O) groups excluding carboxylic acids is 2. The molecule has 1 aromatic carbocycles. The molecule has 0 bridgehead atoms. The highest BCUT2D eigenvalue weighted by Gasteiger charge is 2.21. The number of nitrogens with one attached hydrogen (secondary N) is 4. The number of rotatable bonds is 4. The molecule has 0 aliphatic heterocycles. The lowest BCUT2D eigenvalue weighted by molar-refractivity contribution is -0.120. The van der Waals surface area contributed by atoms with Crippen LogP contribution in [0.5, 0.6) is 0 Å². The van der Waals surface area contributed by atoms with E-state index in [1.54, 1.807) is 6.07 Å². The van der Waals surface area contributed by atoms with Crippen LogP contribution in [0.1, 0.15) is 43.0 Å². The first-order valence-electron chi connectivity index (χ1n) is 8.45. The van der Waals surface area contributed by atoms with Gasteiger partial charge in [0.2, 0.25) is 0 Å². The van der Waals surface area contributed by atoms with E-state index in [9.17, 15) is 9.59 Å². The maximum atomic E-state index is 12.0. The molecular weight excluding hydrogens is 395 g/mol. The number of hydrazine groups is 1. The molecule has 2 amide bonds. The fourth-order valence-corrected chi connectivity index (χ4v) is 3.53. The Balaban J connectivity index is 1.71. The third kappa shape index (κ3) is 6.30. The first kappa shape index (κ1) is 20.7. The van der Waals surface area contributed by atoms with Crippen molar-refractivity contribution in [2.75, 3.05) is 6.54 Å². The molecule has 1 aliphatic carbocycles. The summed E-state index contributed by atoms with van der Waals surface area (Å²) in [5, 5.41) is 6.72. The summed E-state index contributed by atoms with van der Waals surface area (Å²) < 4.78 is 0. The van der Waals surface area contributed by atoms with Crippen molar-refractivity contribution in [2.45, 2.75) is 38.6 Å². The van der Waals surface area contributed by atoms with Crippen LogP contribution >= 0.6 is 35.4 Å². The molecule has 1 aliphatic rings. The van der Waals surface area contributed by atoms with Gasteiger partial charge in [0.15, 0.2) is 5.11 Å². The van der Waals surface area contributed by atoms with Gasteiger partial charge >= 0.3 is 0 Å². The smallest absolute Gasteiger partial charge is 0.257 e. The van der Waals surface area contributed by atoms with Crippen molar-refractivity contribution in [3.05, 3.63) is 33.8 Å². The van der Waals surface area contributed by atoms with Gasteiger partial charge in [-0.25, -0.2) is 0 Å². The van der Waals surface area contributed by atoms with Gasteiger partial charge in [-0.2, -0.15) is 0 Å². The molecule has 6 nitrogen and oxygen atoms in total. The molecule has 26 heavy (non-hydrogen) atoms. The molecule has 9 heteroatoms. The average molecular weight is 417 g/mol. The standard InChI is InChI=1S/C17H22Cl2N4O2S/c1-10-4-2-3-5-14(10)21-17(26)23-22-15(24)9-20-16(25)12-7-6-11(18)8-13(12)19/h6-8,10,14H,2-5,9H2,1H3,(H,20,25)(H,22,24)(H2,21,23,26). The lowest BCUT2D eigenvalue weighted by atomic mass is 9.86. The largest absolute Gasteiger partial charge is 0.358 e. The van der Waals surface area contributed by atoms with Gasteiger partial charge in [-0.3, -0.25) is 20.4 Å². The molecule has 2 unspecified atom stereocenters. The topological polar surface area (TPSA) is 82.3 Å². The van der Waals surface area contributed by atoms with Crippen LogP contribution in [0.3, 0.4) is 0 Å². The minimum Gasteiger partial charge on any atom is -0.358 e. The SMILES string of the molecule is CC1CCCCC1NC(=S)NNC(=O)CNC(=O)c1ccc(Cl)cc1Cl. The number of carbonyl (C=O) groups is 2. The van der Waals surface area contributed by atoms with E-state index >= 15 is 0 Å². The van der Waals surface area contributed by atoms with Gasteiger partial charge in [0.05, 0.1) is 17.1 Å². The quantitative estimate of drug-likeness (QED) is 0.448. The number of amides is 2. The molecule has 2 atom stereocenters. The van der Waals surface area contributed by atoms with Crippen LogP contribution in [-0.2, 0) is 4.79 Å². The van der Waals surface area contributed by atoms with Crippen molar-refractivity contribution >= 4 is 52.3 Å². The number of benzene rings is 1. The number of hydrogen-bond donors (Lipinski definition) is 4. The minimum atomic E-state index is -0.460. The molecule has 0 heterocycles. The maximum Gasteiger partial charge on any atom is 0.257 e. The second-order valence-electron chi connectivity index (χ2n) is 6.32. The van der Waals surface area contributed by atoms with Crippen LogP contribution < -0.4 is 21.5 Å². The number of hydrogen-bond acceptors (Lipinski definition) is 3. The van der Waals surface area contributed by atoms with Crippen LogP contribution in [0.2, 0.25) is 10.0 Å². The van der Waals surface area contributed by atoms with Gasteiger partial charge in [0.1, 0.15) is 0 Å². The van der Waals surface area contributed by atoms with E-state index in [0.717, 1.165) is 6.42 Å². The lowest BCUT2D eigenvalue weighted by Crippen LogP contribution is -2.53. The predicted octanol–water partition coefficient (Wildman–Crippen LogP) is 2.80. The van der Waals surface area contributed by atoms with Gasteiger partial charge in [0, 0.05) is 11.1 Å². The Hall–Kier alpha value is -1.57. The molecule has 0 saturated heterocycles. The molecule has 0 aromatic heterocycles. The molecule has 4 N–H and O–H groups in total. The van der Waals surface area contributed by atoms with Crippen LogP contribution in [0.15, 0.2) is 18.2 Å². The molecule has 1 aromatic rings. The molecule has 0 spiro atoms. The van der Waals surface area contributed by atoms with Crippen LogP contribution in [0.4, 0.5) is 0 Å². The van der Waals surface area contributed by atoms with Crippen molar-refractivity contribution in [3.8, 4) is 0 Å². The van der Waals surface area contributed by atoms with Crippen molar-refractivity contribution in [3.63, 3.8) is 0 Å². The van der Waals surface area contributed by atoms with Gasteiger partial charge in [0.25, 0.3) is 11.8 Å². The fraction of sp³-hybridized carbons (Fsp3) is 0.471. The summed E-state index contributed by atoms with van der Waals surface area (Å²) in [5.41, 5.74) is 5.36. The summed E-state index contributed by atoms with van der Waals surface area (Å²) in [5.74, 6) is -0.342. The van der Waals surface area contributed by atoms with Crippen LogP contribution in [0.25, 0.3) is 0 Å². The fourth-order valence-electron chi connectivity index (χ4n) is 2.84. The van der Waals surface area contributed by atoms with Crippen LogP contribution in [0, 0.1) is 5.92 Å². The van der Waals surface area contributed by atoms with E-state index in [-0.39, 0.29) is 17.1 Å². The third-order valence-corrected chi connectivity index (χ3v) is 5.10. The molecule has 0 radical (unpaired) electrons. The summed E-state index contributed by atoms with van der Waals surface area (Å²) in [4.78, 5) is 23.9. The highest BCUT2D eigenvalue weighted by atomic mass is 35.5. The Kier molecular flexibility index (Phi) is 7.93. The Morgan fingerprint density at radius 2 is 1.92 bits per heavy atom. The number of thiocarbonyl (C=S) groups is 1. The van der Waals surface area contributed by atoms with E-state index in [2.05, 4.69) is 28.4 Å². The average Bonchev–Trinajstić information content (AvgIpc) is 2.60. The molecule has 2 rings (SSSR count). The second kappa shape index (κ2) is 9.94. The monoisotopic (exact) mass is 416 g/mol. The molecule has 142 valence electrons. The van der Waals surface area contributed by atoms with Gasteiger partial charge in [-0.05, 0) is 49.2 Å². The van der Waals surface area contributed by atoms with Gasteiger partial charge < -0.3 is 10.6 Å². The minimum absolute atomic E-state index is 0.215. The summed E-state index contributed by atoms with van der Waals surface area (Å²) in [7, 11) is 0. The summed E-state index contributed by atoms with van der Waals surface area (Å²) >= 11 is 16.9. The Morgan fingerprint density at radius 3 is 2.62 bits per heavy atom. The van der Waals surface area contributed by atoms with Crippen molar-refractivity contribution in [2.24, 2.45) is 5.92 Å². The van der Waals surface area contributed by atoms with Gasteiger partial charge in [-0.1, -0.05) is 43.0 Å². The summed E-state index contributed by atoms with van der Waals surface area (Å²) in [6, 6.07) is 4.84. The first-order chi connectivity index (χ1) is 12.4. The zero-order chi connectivity index (χ0) is 19.1. The predicted molar refractivity (Wildman–Crippen MR) is 107 cm³/mol. The molecule has 1 saturated carbocycles. The summed E-state index contributed by atoms with van der Waals surface area (Å²) in [6.45, 7) is 1.97. The first-order valence-corrected chi connectivity index (χ1v) is 9.62. The van der Waals surface area contributed by atoms with Gasteiger partial charge in [-0.15, -0.1) is 0 Å². The normalized spacial score (nSPS) is 19.3. The highest BCUT2D eigenvalue weighted by molar-refractivity contribution is 7.80. The third-order valence-electron chi connectivity index (χ3n) is 4.33. The number of halogens is 2. The van der Waals surface area contributed by atoms with E-state index in [4.69, 9.17) is 35.4 Å².